The van der Waals surface area contributed by atoms with E-state index in [1.165, 1.54) is 11.8 Å². The van der Waals surface area contributed by atoms with E-state index in [-0.39, 0.29) is 26.1 Å². The SMILES string of the molecule is CC1(O)CN(C(=O)OCc2ccccc2)CCC1F. The standard InChI is InChI=1S/C14H18FNO3/c1-14(18)10-16(8-7-12(14)15)13(17)19-9-11-5-3-2-4-6-11/h2-6,12,18H,7-10H2,1H3. The lowest BCUT2D eigenvalue weighted by atomic mass is 9.93. The Hall–Kier alpha value is -1.62. The maximum atomic E-state index is 13.4. The lowest BCUT2D eigenvalue weighted by Crippen LogP contribution is -2.55. The van der Waals surface area contributed by atoms with E-state index in [9.17, 15) is 14.3 Å². The number of piperidine rings is 1. The fraction of sp³-hybridized carbons (Fsp3) is 0.500. The number of hydrogen-bond donors (Lipinski definition) is 1. The van der Waals surface area contributed by atoms with Crippen molar-refractivity contribution >= 4 is 6.09 Å². The van der Waals surface area contributed by atoms with Crippen LogP contribution in [0.4, 0.5) is 9.18 Å². The number of amides is 1. The van der Waals surface area contributed by atoms with Crippen molar-refractivity contribution in [2.45, 2.75) is 31.7 Å². The van der Waals surface area contributed by atoms with Crippen LogP contribution in [0.5, 0.6) is 0 Å². The molecule has 1 aromatic rings. The van der Waals surface area contributed by atoms with E-state index in [0.29, 0.717) is 0 Å². The van der Waals surface area contributed by atoms with Gasteiger partial charge >= 0.3 is 6.09 Å². The zero-order valence-corrected chi connectivity index (χ0v) is 10.9. The van der Waals surface area contributed by atoms with Crippen molar-refractivity contribution in [1.29, 1.82) is 0 Å². The summed E-state index contributed by atoms with van der Waals surface area (Å²) in [5.41, 5.74) is -0.604. The number of nitrogens with zero attached hydrogens (tertiary/aromatic N) is 1. The molecule has 1 N–H and O–H groups in total. The summed E-state index contributed by atoms with van der Waals surface area (Å²) in [7, 11) is 0. The molecule has 1 amide bonds. The minimum Gasteiger partial charge on any atom is -0.445 e. The number of alkyl halides is 1. The average Bonchev–Trinajstić information content (AvgIpc) is 2.40. The van der Waals surface area contributed by atoms with Gasteiger partial charge in [-0.05, 0) is 18.9 Å². The Morgan fingerprint density at radius 3 is 2.84 bits per heavy atom. The van der Waals surface area contributed by atoms with E-state index in [1.54, 1.807) is 0 Å². The van der Waals surface area contributed by atoms with Crippen LogP contribution in [0.25, 0.3) is 0 Å². The maximum absolute atomic E-state index is 13.4. The summed E-state index contributed by atoms with van der Waals surface area (Å²) in [6, 6.07) is 9.33. The highest BCUT2D eigenvalue weighted by Gasteiger charge is 2.40. The van der Waals surface area contributed by atoms with Gasteiger partial charge in [0.15, 0.2) is 0 Å². The predicted molar refractivity (Wildman–Crippen MR) is 68.3 cm³/mol. The molecule has 5 heteroatoms. The number of β-amino-alcohol motifs (C(OH)–C–C–N with tert-alkyl or cyclic N) is 1. The molecule has 1 heterocycles. The highest BCUT2D eigenvalue weighted by atomic mass is 19.1. The van der Waals surface area contributed by atoms with E-state index >= 15 is 0 Å². The molecule has 1 fully saturated rings. The number of hydrogen-bond acceptors (Lipinski definition) is 3. The first-order valence-corrected chi connectivity index (χ1v) is 6.31. The molecule has 2 atom stereocenters. The highest BCUT2D eigenvalue weighted by Crippen LogP contribution is 2.24. The number of carbonyl (C=O) groups excluding carboxylic acids is 1. The van der Waals surface area contributed by atoms with Crippen LogP contribution in [-0.4, -0.2) is 41.0 Å². The van der Waals surface area contributed by atoms with E-state index < -0.39 is 17.9 Å². The monoisotopic (exact) mass is 267 g/mol. The normalized spacial score (nSPS) is 27.1. The molecule has 0 saturated carbocycles. The molecule has 1 aliphatic rings. The van der Waals surface area contributed by atoms with Crippen LogP contribution in [0.1, 0.15) is 18.9 Å². The Bertz CT molecular complexity index is 436. The first-order valence-electron chi connectivity index (χ1n) is 6.31. The third kappa shape index (κ3) is 3.44. The quantitative estimate of drug-likeness (QED) is 0.893. The number of likely N-dealkylation sites (tertiary alicyclic amines) is 1. The van der Waals surface area contributed by atoms with E-state index in [1.807, 2.05) is 30.3 Å². The van der Waals surface area contributed by atoms with Crippen molar-refractivity contribution in [1.82, 2.24) is 4.90 Å². The molecular formula is C14H18FNO3. The molecule has 4 nitrogen and oxygen atoms in total. The van der Waals surface area contributed by atoms with Gasteiger partial charge in [-0.25, -0.2) is 9.18 Å². The molecule has 0 spiro atoms. The molecule has 104 valence electrons. The van der Waals surface area contributed by atoms with E-state index in [4.69, 9.17) is 4.74 Å². The zero-order chi connectivity index (χ0) is 13.9. The minimum atomic E-state index is -1.50. The smallest absolute Gasteiger partial charge is 0.410 e. The number of benzene rings is 1. The third-order valence-corrected chi connectivity index (χ3v) is 3.30. The largest absolute Gasteiger partial charge is 0.445 e. The molecule has 0 aliphatic carbocycles. The summed E-state index contributed by atoms with van der Waals surface area (Å²) in [6.07, 6.45) is -1.69. The first-order chi connectivity index (χ1) is 8.99. The lowest BCUT2D eigenvalue weighted by Gasteiger charge is -2.38. The fourth-order valence-electron chi connectivity index (χ4n) is 2.11. The molecule has 0 bridgehead atoms. The maximum Gasteiger partial charge on any atom is 0.410 e. The number of rotatable bonds is 2. The summed E-state index contributed by atoms with van der Waals surface area (Å²) >= 11 is 0. The Kier molecular flexibility index (Phi) is 4.04. The van der Waals surface area contributed by atoms with Gasteiger partial charge in [-0.2, -0.15) is 0 Å². The van der Waals surface area contributed by atoms with Crippen LogP contribution in [0.15, 0.2) is 30.3 Å². The zero-order valence-electron chi connectivity index (χ0n) is 10.9. The molecule has 1 aliphatic heterocycles. The van der Waals surface area contributed by atoms with Gasteiger partial charge in [0.05, 0.1) is 6.54 Å². The molecule has 1 aromatic carbocycles. The van der Waals surface area contributed by atoms with Crippen molar-refractivity contribution in [2.75, 3.05) is 13.1 Å². The van der Waals surface area contributed by atoms with Gasteiger partial charge in [0.25, 0.3) is 0 Å². The number of ether oxygens (including phenoxy) is 1. The fourth-order valence-corrected chi connectivity index (χ4v) is 2.11. The molecule has 19 heavy (non-hydrogen) atoms. The molecule has 2 rings (SSSR count). The summed E-state index contributed by atoms with van der Waals surface area (Å²) in [4.78, 5) is 13.2. The molecule has 0 aromatic heterocycles. The Labute approximate surface area is 111 Å². The van der Waals surface area contributed by atoms with Gasteiger partial charge in [0.2, 0.25) is 0 Å². The van der Waals surface area contributed by atoms with Crippen LogP contribution in [0, 0.1) is 0 Å². The van der Waals surface area contributed by atoms with Gasteiger partial charge in [0.1, 0.15) is 18.4 Å². The van der Waals surface area contributed by atoms with Gasteiger partial charge in [-0.1, -0.05) is 30.3 Å². The Balaban J connectivity index is 1.87. The second-order valence-corrected chi connectivity index (χ2v) is 5.08. The highest BCUT2D eigenvalue weighted by molar-refractivity contribution is 5.68. The second kappa shape index (κ2) is 5.57. The van der Waals surface area contributed by atoms with Gasteiger partial charge in [-0.3, -0.25) is 0 Å². The van der Waals surface area contributed by atoms with Crippen LogP contribution >= 0.6 is 0 Å². The van der Waals surface area contributed by atoms with Gasteiger partial charge in [-0.15, -0.1) is 0 Å². The van der Waals surface area contributed by atoms with Gasteiger partial charge in [0, 0.05) is 6.54 Å². The second-order valence-electron chi connectivity index (χ2n) is 5.08. The molecular weight excluding hydrogens is 249 g/mol. The van der Waals surface area contributed by atoms with Crippen molar-refractivity contribution in [3.8, 4) is 0 Å². The molecule has 2 unspecified atom stereocenters. The lowest BCUT2D eigenvalue weighted by molar-refractivity contribution is -0.0719. The Morgan fingerprint density at radius 2 is 2.21 bits per heavy atom. The van der Waals surface area contributed by atoms with Crippen LogP contribution < -0.4 is 0 Å². The predicted octanol–water partition coefficient (Wildman–Crippen LogP) is 2.12. The molecule has 0 radical (unpaired) electrons. The van der Waals surface area contributed by atoms with Crippen molar-refractivity contribution in [2.24, 2.45) is 0 Å². The minimum absolute atomic E-state index is 0.0399. The summed E-state index contributed by atoms with van der Waals surface area (Å²) in [5.74, 6) is 0. The van der Waals surface area contributed by atoms with Crippen molar-refractivity contribution in [3.05, 3.63) is 35.9 Å². The van der Waals surface area contributed by atoms with Crippen molar-refractivity contribution < 1.29 is 19.0 Å². The van der Waals surface area contributed by atoms with E-state index in [0.717, 1.165) is 5.56 Å². The topological polar surface area (TPSA) is 49.8 Å². The Morgan fingerprint density at radius 1 is 1.53 bits per heavy atom. The van der Waals surface area contributed by atoms with Crippen LogP contribution in [0.2, 0.25) is 0 Å². The van der Waals surface area contributed by atoms with Gasteiger partial charge < -0.3 is 14.7 Å². The number of halogens is 1. The summed E-state index contributed by atoms with van der Waals surface area (Å²) in [6.45, 7) is 1.80. The van der Waals surface area contributed by atoms with E-state index in [2.05, 4.69) is 0 Å². The number of aliphatic hydroxyl groups is 1. The molecule has 1 saturated heterocycles. The van der Waals surface area contributed by atoms with Crippen LogP contribution in [0.3, 0.4) is 0 Å². The first kappa shape index (κ1) is 13.8. The third-order valence-electron chi connectivity index (χ3n) is 3.30. The summed E-state index contributed by atoms with van der Waals surface area (Å²) in [5, 5.41) is 9.82. The summed E-state index contributed by atoms with van der Waals surface area (Å²) < 4.78 is 18.6. The number of carbonyl (C=O) groups is 1. The van der Waals surface area contributed by atoms with Crippen LogP contribution in [-0.2, 0) is 11.3 Å². The van der Waals surface area contributed by atoms with Crippen molar-refractivity contribution in [3.63, 3.8) is 0 Å². The average molecular weight is 267 g/mol.